The number of fused-ring (bicyclic) bond motifs is 8. The van der Waals surface area contributed by atoms with Crippen molar-refractivity contribution in [3.63, 3.8) is 0 Å². The number of benzene rings is 3. The fourth-order valence-electron chi connectivity index (χ4n) is 10.2. The van der Waals surface area contributed by atoms with Crippen LogP contribution in [0.5, 0.6) is 11.5 Å². The molecular weight excluding hydrogens is 673 g/mol. The molecule has 0 amide bonds. The minimum atomic E-state index is -0.193. The summed E-state index contributed by atoms with van der Waals surface area (Å²) in [6.45, 7) is 13.3. The van der Waals surface area contributed by atoms with Crippen molar-refractivity contribution >= 4 is 21.8 Å². The maximum Gasteiger partial charge on any atom is 0.116 e. The van der Waals surface area contributed by atoms with Gasteiger partial charge in [-0.3, -0.25) is 19.8 Å². The summed E-state index contributed by atoms with van der Waals surface area (Å²) < 4.78 is 14.0. The Bertz CT molecular complexity index is 2020. The molecular formula is C46H50N4O4. The summed E-state index contributed by atoms with van der Waals surface area (Å²) in [5.41, 5.74) is 6.02. The number of phenolic OH excluding ortho intramolecular Hbond substituents is 2. The van der Waals surface area contributed by atoms with E-state index in [4.69, 9.17) is 9.47 Å². The Morgan fingerprint density at radius 1 is 0.667 bits per heavy atom. The SMILES string of the molecule is C=C[C@H]1CN2CC[C@H]1C[C@@H]2[C@@H](OCc1cccc(CO[C@@H](c2ccnc3ccc(O)cc23)[C@H]2C[C@@H]3CCN2C[C@@H]3C=C)c1)c1ccnc2ccc(O)cc12. The third kappa shape index (κ3) is 6.70. The van der Waals surface area contributed by atoms with Crippen molar-refractivity contribution in [1.29, 1.82) is 0 Å². The Balaban J connectivity index is 0.984. The van der Waals surface area contributed by atoms with Gasteiger partial charge in [0.2, 0.25) is 0 Å². The largest absolute Gasteiger partial charge is 0.508 e. The van der Waals surface area contributed by atoms with Crippen LogP contribution in [0.2, 0.25) is 0 Å². The highest BCUT2D eigenvalue weighted by atomic mass is 16.5. The molecule has 2 N–H and O–H groups in total. The molecule has 0 aliphatic carbocycles. The van der Waals surface area contributed by atoms with Crippen LogP contribution < -0.4 is 0 Å². The van der Waals surface area contributed by atoms with Gasteiger partial charge in [0.05, 0.1) is 36.5 Å². The molecule has 0 saturated carbocycles. The molecule has 0 spiro atoms. The minimum absolute atomic E-state index is 0.193. The van der Waals surface area contributed by atoms with Crippen molar-refractivity contribution in [1.82, 2.24) is 19.8 Å². The van der Waals surface area contributed by atoms with E-state index < -0.39 is 0 Å². The van der Waals surface area contributed by atoms with Crippen molar-refractivity contribution in [3.05, 3.63) is 133 Å². The Hall–Kier alpha value is -4.60. The molecule has 2 aromatic heterocycles. The summed E-state index contributed by atoms with van der Waals surface area (Å²) in [6, 6.07) is 24.0. The molecule has 8 nitrogen and oxygen atoms in total. The Morgan fingerprint density at radius 2 is 1.15 bits per heavy atom. The Labute approximate surface area is 317 Å². The van der Waals surface area contributed by atoms with Gasteiger partial charge in [-0.1, -0.05) is 36.4 Å². The van der Waals surface area contributed by atoms with Crippen LogP contribution in [0.15, 0.2) is 111 Å². The molecule has 2 unspecified atom stereocenters. The predicted molar refractivity (Wildman–Crippen MR) is 212 cm³/mol. The van der Waals surface area contributed by atoms with Gasteiger partial charge in [0.1, 0.15) is 11.5 Å². The maximum atomic E-state index is 10.5. The highest BCUT2D eigenvalue weighted by Gasteiger charge is 2.44. The number of phenols is 2. The number of aromatic hydroxyl groups is 2. The molecule has 278 valence electrons. The van der Waals surface area contributed by atoms with Crippen LogP contribution in [-0.2, 0) is 22.7 Å². The smallest absolute Gasteiger partial charge is 0.116 e. The topological polar surface area (TPSA) is 91.2 Å². The fourth-order valence-corrected chi connectivity index (χ4v) is 10.2. The maximum absolute atomic E-state index is 10.5. The average Bonchev–Trinajstić information content (AvgIpc) is 3.21. The van der Waals surface area contributed by atoms with Gasteiger partial charge in [0.15, 0.2) is 0 Å². The van der Waals surface area contributed by atoms with E-state index in [1.54, 1.807) is 12.1 Å². The van der Waals surface area contributed by atoms with Gasteiger partial charge in [-0.25, -0.2) is 0 Å². The molecule has 10 atom stereocenters. The number of nitrogens with zero attached hydrogens (tertiary/aromatic N) is 4. The van der Waals surface area contributed by atoms with Crippen molar-refractivity contribution in [2.75, 3.05) is 26.2 Å². The molecule has 4 bridgehead atoms. The van der Waals surface area contributed by atoms with Gasteiger partial charge in [-0.2, -0.15) is 0 Å². The first-order valence-electron chi connectivity index (χ1n) is 19.6. The van der Waals surface area contributed by atoms with Gasteiger partial charge in [-0.15, -0.1) is 13.2 Å². The Kier molecular flexibility index (Phi) is 9.70. The van der Waals surface area contributed by atoms with E-state index in [0.717, 1.165) is 83.1 Å². The number of aromatic nitrogens is 2. The van der Waals surface area contributed by atoms with Gasteiger partial charge in [0.25, 0.3) is 0 Å². The lowest BCUT2D eigenvalue weighted by atomic mass is 9.73. The second-order valence-corrected chi connectivity index (χ2v) is 16.0. The molecule has 8 heteroatoms. The molecule has 5 aromatic rings. The van der Waals surface area contributed by atoms with Gasteiger partial charge >= 0.3 is 0 Å². The normalized spacial score (nSPS) is 28.6. The molecule has 11 rings (SSSR count). The van der Waals surface area contributed by atoms with E-state index in [1.807, 2.05) is 36.7 Å². The van der Waals surface area contributed by atoms with E-state index in [1.165, 1.54) is 12.8 Å². The molecule has 8 heterocycles. The second kappa shape index (κ2) is 14.9. The number of ether oxygens (including phenoxy) is 2. The van der Waals surface area contributed by atoms with E-state index >= 15 is 0 Å². The van der Waals surface area contributed by atoms with Gasteiger partial charge in [0, 0.05) is 48.3 Å². The van der Waals surface area contributed by atoms with E-state index in [9.17, 15) is 10.2 Å². The number of pyridine rings is 2. The molecule has 54 heavy (non-hydrogen) atoms. The molecule has 3 aromatic carbocycles. The standard InChI is InChI=1S/C46H50N4O4/c1-3-31-25-49-18-14-33(31)21-43(49)45(37-12-16-47-41-10-8-35(51)23-39(37)41)53-27-29-6-5-7-30(20-29)28-54-46(44-22-34-15-19-50(44)26-32(34)4-2)38-13-17-48-42-11-9-36(52)24-40(38)42/h3-13,16-17,20,23-24,31-34,43-46,51-52H,1-2,14-15,18-19,21-22,25-28H2/t31-,32-,33-,34-,43+,44+,45-,46-/m0/s1. The first kappa shape index (κ1) is 35.1. The average molecular weight is 723 g/mol. The van der Waals surface area contributed by atoms with E-state index in [0.29, 0.717) is 36.9 Å². The summed E-state index contributed by atoms with van der Waals surface area (Å²) in [5.74, 6) is 2.67. The van der Waals surface area contributed by atoms with Crippen LogP contribution in [0.3, 0.4) is 0 Å². The molecule has 6 aliphatic heterocycles. The first-order valence-corrected chi connectivity index (χ1v) is 19.6. The lowest BCUT2D eigenvalue weighted by Crippen LogP contribution is -2.55. The minimum Gasteiger partial charge on any atom is -0.508 e. The third-order valence-electron chi connectivity index (χ3n) is 13.0. The number of rotatable bonds is 12. The van der Waals surface area contributed by atoms with E-state index in [-0.39, 0.29) is 35.8 Å². The third-order valence-corrected chi connectivity index (χ3v) is 13.0. The van der Waals surface area contributed by atoms with Crippen LogP contribution in [0.4, 0.5) is 0 Å². The highest BCUT2D eigenvalue weighted by Crippen LogP contribution is 2.46. The monoisotopic (exact) mass is 722 g/mol. The molecule has 6 fully saturated rings. The van der Waals surface area contributed by atoms with Crippen molar-refractivity contribution in [2.24, 2.45) is 23.7 Å². The fraction of sp³-hybridized carbons (Fsp3) is 0.391. The zero-order valence-electron chi connectivity index (χ0n) is 30.8. The first-order chi connectivity index (χ1) is 26.4. The van der Waals surface area contributed by atoms with Crippen molar-refractivity contribution in [2.45, 2.75) is 63.2 Å². The van der Waals surface area contributed by atoms with Crippen LogP contribution in [-0.4, -0.2) is 68.2 Å². The number of piperidine rings is 6. The second-order valence-electron chi connectivity index (χ2n) is 16.0. The molecule has 6 aliphatic rings. The summed E-state index contributed by atoms with van der Waals surface area (Å²) in [5, 5.41) is 22.9. The van der Waals surface area contributed by atoms with Crippen molar-refractivity contribution in [3.8, 4) is 11.5 Å². The van der Waals surface area contributed by atoms with Gasteiger partial charge in [-0.05, 0) is 133 Å². The van der Waals surface area contributed by atoms with Crippen LogP contribution in [0.1, 0.15) is 60.1 Å². The van der Waals surface area contributed by atoms with E-state index in [2.05, 4.69) is 81.5 Å². The van der Waals surface area contributed by atoms with Crippen LogP contribution in [0.25, 0.3) is 21.8 Å². The zero-order valence-corrected chi connectivity index (χ0v) is 30.8. The van der Waals surface area contributed by atoms with Crippen molar-refractivity contribution < 1.29 is 19.7 Å². The summed E-state index contributed by atoms with van der Waals surface area (Å²) >= 11 is 0. The summed E-state index contributed by atoms with van der Waals surface area (Å²) in [6.07, 6.45) is 12.1. The molecule has 0 radical (unpaired) electrons. The predicted octanol–water partition coefficient (Wildman–Crippen LogP) is 8.50. The number of hydrogen-bond donors (Lipinski definition) is 2. The quantitative estimate of drug-likeness (QED) is 0.124. The molecule has 6 saturated heterocycles. The van der Waals surface area contributed by atoms with Gasteiger partial charge < -0.3 is 19.7 Å². The van der Waals surface area contributed by atoms with Crippen LogP contribution in [0, 0.1) is 23.7 Å². The number of hydrogen-bond acceptors (Lipinski definition) is 8. The summed E-state index contributed by atoms with van der Waals surface area (Å²) in [4.78, 5) is 14.4. The summed E-state index contributed by atoms with van der Waals surface area (Å²) in [7, 11) is 0. The highest BCUT2D eigenvalue weighted by molar-refractivity contribution is 5.84. The zero-order chi connectivity index (χ0) is 36.8. The lowest BCUT2D eigenvalue weighted by Gasteiger charge is -2.51. The Morgan fingerprint density at radius 3 is 1.57 bits per heavy atom. The lowest BCUT2D eigenvalue weighted by molar-refractivity contribution is -0.0813. The van der Waals surface area contributed by atoms with Crippen LogP contribution >= 0.6 is 0 Å².